The molecule has 0 bridgehead atoms. The molecule has 1 N–H and O–H groups in total. The summed E-state index contributed by atoms with van der Waals surface area (Å²) in [4.78, 5) is 6.27. The Labute approximate surface area is 95.8 Å². The Morgan fingerprint density at radius 3 is 3.00 bits per heavy atom. The molecular weight excluding hydrogens is 206 g/mol. The van der Waals surface area contributed by atoms with Crippen molar-refractivity contribution in [1.82, 2.24) is 15.0 Å². The summed E-state index contributed by atoms with van der Waals surface area (Å²) in [7, 11) is 0. The topological polar surface area (TPSA) is 62.4 Å². The first-order valence-corrected chi connectivity index (χ1v) is 5.55. The van der Waals surface area contributed by atoms with Gasteiger partial charge < -0.3 is 9.63 Å². The molecule has 0 atom stereocenters. The van der Waals surface area contributed by atoms with Crippen molar-refractivity contribution in [3.8, 4) is 0 Å². The maximum absolute atomic E-state index is 8.89. The largest absolute Gasteiger partial charge is 0.395 e. The van der Waals surface area contributed by atoms with Gasteiger partial charge in [-0.1, -0.05) is 18.2 Å². The molecule has 0 unspecified atom stereocenters. The van der Waals surface area contributed by atoms with Crippen molar-refractivity contribution in [3.63, 3.8) is 0 Å². The van der Waals surface area contributed by atoms with Gasteiger partial charge in [-0.25, -0.2) is 0 Å². The molecule has 0 aliphatic heterocycles. The highest BCUT2D eigenvalue weighted by molar-refractivity contribution is 4.87. The van der Waals surface area contributed by atoms with Crippen LogP contribution in [-0.2, 0) is 13.0 Å². The number of aryl methyl sites for hydroxylation is 1. The van der Waals surface area contributed by atoms with E-state index in [0.717, 1.165) is 18.7 Å². The molecule has 5 heteroatoms. The molecule has 0 fully saturated rings. The van der Waals surface area contributed by atoms with Crippen molar-refractivity contribution in [1.29, 1.82) is 0 Å². The van der Waals surface area contributed by atoms with Crippen molar-refractivity contribution in [3.05, 3.63) is 24.4 Å². The molecule has 0 saturated heterocycles. The molecule has 1 rings (SSSR count). The first-order valence-electron chi connectivity index (χ1n) is 5.55. The monoisotopic (exact) mass is 225 g/mol. The Hall–Kier alpha value is -1.20. The molecule has 0 aliphatic carbocycles. The summed E-state index contributed by atoms with van der Waals surface area (Å²) in [6.07, 6.45) is 3.63. The van der Waals surface area contributed by atoms with E-state index in [0.29, 0.717) is 25.5 Å². The summed E-state index contributed by atoms with van der Waals surface area (Å²) in [6, 6.07) is 0. The van der Waals surface area contributed by atoms with E-state index >= 15 is 0 Å². The Bertz CT molecular complexity index is 312. The van der Waals surface area contributed by atoms with E-state index in [1.165, 1.54) is 0 Å². The second kappa shape index (κ2) is 7.14. The average Bonchev–Trinajstić information content (AvgIpc) is 2.67. The van der Waals surface area contributed by atoms with Gasteiger partial charge in [0.25, 0.3) is 0 Å². The van der Waals surface area contributed by atoms with Crippen LogP contribution in [0.1, 0.15) is 25.1 Å². The van der Waals surface area contributed by atoms with Crippen LogP contribution in [0.3, 0.4) is 0 Å². The highest BCUT2D eigenvalue weighted by atomic mass is 16.5. The zero-order chi connectivity index (χ0) is 11.8. The summed E-state index contributed by atoms with van der Waals surface area (Å²) in [5, 5.41) is 12.8. The van der Waals surface area contributed by atoms with E-state index < -0.39 is 0 Å². The fourth-order valence-corrected chi connectivity index (χ4v) is 1.43. The molecule has 0 spiro atoms. The van der Waals surface area contributed by atoms with Gasteiger partial charge in [0.2, 0.25) is 5.89 Å². The zero-order valence-electron chi connectivity index (χ0n) is 9.72. The normalized spacial score (nSPS) is 10.9. The second-order valence-electron chi connectivity index (χ2n) is 3.60. The van der Waals surface area contributed by atoms with Gasteiger partial charge in [0, 0.05) is 19.5 Å². The molecule has 0 radical (unpaired) electrons. The van der Waals surface area contributed by atoms with Crippen LogP contribution in [-0.4, -0.2) is 39.8 Å². The van der Waals surface area contributed by atoms with E-state index in [2.05, 4.69) is 23.6 Å². The van der Waals surface area contributed by atoms with Crippen molar-refractivity contribution < 1.29 is 9.63 Å². The van der Waals surface area contributed by atoms with Crippen molar-refractivity contribution in [2.75, 3.05) is 19.7 Å². The SMILES string of the molecule is C=CCN(CCO)Cc1nc(CCC)no1. The molecule has 0 aromatic carbocycles. The van der Waals surface area contributed by atoms with Gasteiger partial charge in [-0.05, 0) is 6.42 Å². The fourth-order valence-electron chi connectivity index (χ4n) is 1.43. The lowest BCUT2D eigenvalue weighted by Crippen LogP contribution is -2.26. The minimum atomic E-state index is 0.115. The van der Waals surface area contributed by atoms with E-state index in [1.807, 2.05) is 4.90 Å². The van der Waals surface area contributed by atoms with E-state index in [4.69, 9.17) is 9.63 Å². The Balaban J connectivity index is 2.51. The summed E-state index contributed by atoms with van der Waals surface area (Å²) in [6.45, 7) is 7.70. The third-order valence-electron chi connectivity index (χ3n) is 2.15. The molecule has 5 nitrogen and oxygen atoms in total. The molecule has 0 saturated carbocycles. The maximum Gasteiger partial charge on any atom is 0.240 e. The lowest BCUT2D eigenvalue weighted by Gasteiger charge is -2.16. The highest BCUT2D eigenvalue weighted by Crippen LogP contribution is 2.04. The second-order valence-corrected chi connectivity index (χ2v) is 3.60. The number of aromatic nitrogens is 2. The fraction of sp³-hybridized carbons (Fsp3) is 0.636. The van der Waals surface area contributed by atoms with Gasteiger partial charge in [0.05, 0.1) is 13.2 Å². The van der Waals surface area contributed by atoms with Gasteiger partial charge in [-0.15, -0.1) is 6.58 Å². The lowest BCUT2D eigenvalue weighted by atomic mass is 10.3. The van der Waals surface area contributed by atoms with Crippen molar-refractivity contribution >= 4 is 0 Å². The summed E-state index contributed by atoms with van der Waals surface area (Å²) in [5.74, 6) is 1.35. The molecule has 16 heavy (non-hydrogen) atoms. The zero-order valence-corrected chi connectivity index (χ0v) is 9.72. The summed E-state index contributed by atoms with van der Waals surface area (Å²) < 4.78 is 5.12. The Kier molecular flexibility index (Phi) is 5.74. The maximum atomic E-state index is 8.89. The molecule has 1 aromatic heterocycles. The number of nitrogens with zero attached hydrogens (tertiary/aromatic N) is 3. The van der Waals surface area contributed by atoms with Gasteiger partial charge >= 0.3 is 0 Å². The lowest BCUT2D eigenvalue weighted by molar-refractivity contribution is 0.186. The summed E-state index contributed by atoms with van der Waals surface area (Å²) >= 11 is 0. The third kappa shape index (κ3) is 4.12. The van der Waals surface area contributed by atoms with Gasteiger partial charge in [-0.3, -0.25) is 4.90 Å². The first-order chi connectivity index (χ1) is 7.80. The van der Waals surface area contributed by atoms with Crippen LogP contribution in [0.15, 0.2) is 17.2 Å². The Morgan fingerprint density at radius 2 is 2.38 bits per heavy atom. The first kappa shape index (κ1) is 12.9. The third-order valence-corrected chi connectivity index (χ3v) is 2.15. The molecule has 1 heterocycles. The highest BCUT2D eigenvalue weighted by Gasteiger charge is 2.10. The van der Waals surface area contributed by atoms with Crippen LogP contribution in [0, 0.1) is 0 Å². The van der Waals surface area contributed by atoms with Gasteiger partial charge in [-0.2, -0.15) is 4.98 Å². The average molecular weight is 225 g/mol. The number of aliphatic hydroxyl groups is 1. The minimum absolute atomic E-state index is 0.115. The van der Waals surface area contributed by atoms with Crippen LogP contribution in [0.25, 0.3) is 0 Å². The van der Waals surface area contributed by atoms with E-state index in [1.54, 1.807) is 6.08 Å². The minimum Gasteiger partial charge on any atom is -0.395 e. The van der Waals surface area contributed by atoms with Crippen molar-refractivity contribution in [2.45, 2.75) is 26.3 Å². The number of rotatable bonds is 8. The van der Waals surface area contributed by atoms with Gasteiger partial charge in [0.15, 0.2) is 5.82 Å². The standard InChI is InChI=1S/C11H19N3O2/c1-3-5-10-12-11(16-13-10)9-14(6-4-2)7-8-15/h4,15H,2-3,5-9H2,1H3. The molecule has 0 aliphatic rings. The van der Waals surface area contributed by atoms with Crippen LogP contribution < -0.4 is 0 Å². The molecule has 0 amide bonds. The van der Waals surface area contributed by atoms with Gasteiger partial charge in [0.1, 0.15) is 0 Å². The number of aliphatic hydroxyl groups excluding tert-OH is 1. The molecule has 1 aromatic rings. The van der Waals surface area contributed by atoms with E-state index in [9.17, 15) is 0 Å². The van der Waals surface area contributed by atoms with Crippen LogP contribution in [0.2, 0.25) is 0 Å². The molecular formula is C11H19N3O2. The Morgan fingerprint density at radius 1 is 1.56 bits per heavy atom. The summed E-state index contributed by atoms with van der Waals surface area (Å²) in [5.41, 5.74) is 0. The predicted molar refractivity (Wildman–Crippen MR) is 60.9 cm³/mol. The smallest absolute Gasteiger partial charge is 0.240 e. The van der Waals surface area contributed by atoms with E-state index in [-0.39, 0.29) is 6.61 Å². The number of hydrogen-bond donors (Lipinski definition) is 1. The van der Waals surface area contributed by atoms with Crippen molar-refractivity contribution in [2.24, 2.45) is 0 Å². The van der Waals surface area contributed by atoms with Crippen LogP contribution in [0.5, 0.6) is 0 Å². The quantitative estimate of drug-likeness (QED) is 0.669. The van der Waals surface area contributed by atoms with Crippen LogP contribution >= 0.6 is 0 Å². The van der Waals surface area contributed by atoms with Crippen LogP contribution in [0.4, 0.5) is 0 Å². The number of hydrogen-bond acceptors (Lipinski definition) is 5. The predicted octanol–water partition coefficient (Wildman–Crippen LogP) is 1.00. The molecule has 90 valence electrons.